The van der Waals surface area contributed by atoms with Gasteiger partial charge in [-0.05, 0) is 36.6 Å². The molecule has 1 aromatic rings. The number of rotatable bonds is 5. The summed E-state index contributed by atoms with van der Waals surface area (Å²) in [5, 5.41) is 3.08. The number of anilines is 1. The van der Waals surface area contributed by atoms with Gasteiger partial charge in [-0.25, -0.2) is 0 Å². The number of hydrogen-bond acceptors (Lipinski definition) is 2. The molecule has 1 aliphatic rings. The summed E-state index contributed by atoms with van der Waals surface area (Å²) in [7, 11) is 1.92. The molecule has 0 atom stereocenters. The minimum Gasteiger partial charge on any atom is -0.494 e. The number of hydrogen-bond donors (Lipinski definition) is 1. The third-order valence-corrected chi connectivity index (χ3v) is 2.63. The topological polar surface area (TPSA) is 21.3 Å². The van der Waals surface area contributed by atoms with Crippen molar-refractivity contribution < 1.29 is 4.74 Å². The molecule has 0 saturated heterocycles. The van der Waals surface area contributed by atoms with Crippen molar-refractivity contribution >= 4 is 5.69 Å². The molecule has 1 aliphatic carbocycles. The average molecular weight is 191 g/mol. The number of ether oxygens (including phenoxy) is 1. The lowest BCUT2D eigenvalue weighted by Gasteiger charge is -2.06. The molecule has 0 spiro atoms. The molecule has 0 heterocycles. The lowest BCUT2D eigenvalue weighted by atomic mass is 10.3. The highest BCUT2D eigenvalue weighted by Gasteiger charge is 2.20. The Bertz CT molecular complexity index is 277. The van der Waals surface area contributed by atoms with Gasteiger partial charge in [-0.3, -0.25) is 0 Å². The quantitative estimate of drug-likeness (QED) is 0.772. The van der Waals surface area contributed by atoms with Crippen LogP contribution in [0.4, 0.5) is 5.69 Å². The van der Waals surface area contributed by atoms with Gasteiger partial charge in [0.2, 0.25) is 0 Å². The van der Waals surface area contributed by atoms with E-state index in [2.05, 4.69) is 5.32 Å². The van der Waals surface area contributed by atoms with Crippen LogP contribution in [0.1, 0.15) is 19.3 Å². The predicted molar refractivity (Wildman–Crippen MR) is 58.8 cm³/mol. The van der Waals surface area contributed by atoms with E-state index in [0.29, 0.717) is 0 Å². The van der Waals surface area contributed by atoms with Gasteiger partial charge in [-0.1, -0.05) is 12.8 Å². The molecule has 14 heavy (non-hydrogen) atoms. The highest BCUT2D eigenvalue weighted by atomic mass is 16.5. The maximum absolute atomic E-state index is 5.63. The van der Waals surface area contributed by atoms with Gasteiger partial charge in [0.1, 0.15) is 5.75 Å². The van der Waals surface area contributed by atoms with Crippen molar-refractivity contribution in [2.75, 3.05) is 19.0 Å². The predicted octanol–water partition coefficient (Wildman–Crippen LogP) is 2.91. The minimum absolute atomic E-state index is 0.865. The van der Waals surface area contributed by atoms with E-state index in [1.54, 1.807) is 0 Å². The molecule has 1 fully saturated rings. The lowest BCUT2D eigenvalue weighted by molar-refractivity contribution is 0.302. The molecule has 0 aromatic heterocycles. The standard InChI is InChI=1S/C12H17NO/c1-13-11-4-6-12(7-5-11)14-9-8-10-2-3-10/h4-7,10,13H,2-3,8-9H2,1H3. The van der Waals surface area contributed by atoms with E-state index < -0.39 is 0 Å². The Balaban J connectivity index is 1.77. The van der Waals surface area contributed by atoms with Crippen molar-refractivity contribution in [1.29, 1.82) is 0 Å². The molecule has 1 saturated carbocycles. The van der Waals surface area contributed by atoms with Gasteiger partial charge in [0.25, 0.3) is 0 Å². The zero-order valence-electron chi connectivity index (χ0n) is 8.62. The smallest absolute Gasteiger partial charge is 0.119 e. The maximum atomic E-state index is 5.63. The first kappa shape index (κ1) is 9.38. The van der Waals surface area contributed by atoms with Gasteiger partial charge in [0, 0.05) is 12.7 Å². The van der Waals surface area contributed by atoms with Crippen LogP contribution in [-0.4, -0.2) is 13.7 Å². The Hall–Kier alpha value is -1.18. The van der Waals surface area contributed by atoms with Crippen LogP contribution in [0.2, 0.25) is 0 Å². The summed E-state index contributed by atoms with van der Waals surface area (Å²) in [6.45, 7) is 0.865. The molecular weight excluding hydrogens is 174 g/mol. The van der Waals surface area contributed by atoms with Crippen LogP contribution in [0.15, 0.2) is 24.3 Å². The van der Waals surface area contributed by atoms with Crippen LogP contribution in [-0.2, 0) is 0 Å². The molecule has 1 aromatic carbocycles. The van der Waals surface area contributed by atoms with Gasteiger partial charge in [-0.2, -0.15) is 0 Å². The van der Waals surface area contributed by atoms with Crippen LogP contribution in [0, 0.1) is 5.92 Å². The summed E-state index contributed by atoms with van der Waals surface area (Å²) >= 11 is 0. The zero-order chi connectivity index (χ0) is 9.80. The second-order valence-electron chi connectivity index (χ2n) is 3.85. The van der Waals surface area contributed by atoms with Gasteiger partial charge in [-0.15, -0.1) is 0 Å². The van der Waals surface area contributed by atoms with Crippen molar-refractivity contribution in [2.45, 2.75) is 19.3 Å². The second kappa shape index (κ2) is 4.36. The molecular formula is C12H17NO. The maximum Gasteiger partial charge on any atom is 0.119 e. The zero-order valence-corrected chi connectivity index (χ0v) is 8.62. The highest BCUT2D eigenvalue weighted by molar-refractivity contribution is 5.45. The highest BCUT2D eigenvalue weighted by Crippen LogP contribution is 2.32. The third kappa shape index (κ3) is 2.66. The molecule has 2 nitrogen and oxygen atoms in total. The average Bonchev–Trinajstić information content (AvgIpc) is 3.03. The minimum atomic E-state index is 0.865. The van der Waals surface area contributed by atoms with Crippen molar-refractivity contribution in [3.63, 3.8) is 0 Å². The van der Waals surface area contributed by atoms with E-state index >= 15 is 0 Å². The molecule has 2 rings (SSSR count). The van der Waals surface area contributed by atoms with Crippen LogP contribution < -0.4 is 10.1 Å². The normalized spacial score (nSPS) is 15.2. The van der Waals surface area contributed by atoms with Crippen LogP contribution in [0.3, 0.4) is 0 Å². The van der Waals surface area contributed by atoms with Crippen LogP contribution in [0.25, 0.3) is 0 Å². The molecule has 0 unspecified atom stereocenters. The molecule has 76 valence electrons. The molecule has 2 heteroatoms. The molecule has 0 radical (unpaired) electrons. The van der Waals surface area contributed by atoms with E-state index in [1.165, 1.54) is 19.3 Å². The van der Waals surface area contributed by atoms with Crippen molar-refractivity contribution in [3.05, 3.63) is 24.3 Å². The molecule has 0 bridgehead atoms. The lowest BCUT2D eigenvalue weighted by Crippen LogP contribution is -1.98. The Kier molecular flexibility index (Phi) is 2.92. The summed E-state index contributed by atoms with van der Waals surface area (Å²) in [5.74, 6) is 1.93. The summed E-state index contributed by atoms with van der Waals surface area (Å²) in [5.41, 5.74) is 1.12. The summed E-state index contributed by atoms with van der Waals surface area (Å²) in [6.07, 6.45) is 4.03. The van der Waals surface area contributed by atoms with Crippen LogP contribution in [0.5, 0.6) is 5.75 Å². The molecule has 0 aliphatic heterocycles. The molecule has 0 amide bonds. The summed E-state index contributed by atoms with van der Waals surface area (Å²) < 4.78 is 5.63. The van der Waals surface area contributed by atoms with E-state index in [0.717, 1.165) is 24.0 Å². The van der Waals surface area contributed by atoms with E-state index in [-0.39, 0.29) is 0 Å². The van der Waals surface area contributed by atoms with Gasteiger partial charge in [0.05, 0.1) is 6.61 Å². The summed E-state index contributed by atoms with van der Waals surface area (Å²) in [6, 6.07) is 8.09. The third-order valence-electron chi connectivity index (χ3n) is 2.63. The van der Waals surface area contributed by atoms with E-state index in [1.807, 2.05) is 31.3 Å². The SMILES string of the molecule is CNc1ccc(OCCC2CC2)cc1. The number of nitrogens with one attached hydrogen (secondary N) is 1. The second-order valence-corrected chi connectivity index (χ2v) is 3.85. The first-order valence-electron chi connectivity index (χ1n) is 5.29. The number of benzene rings is 1. The van der Waals surface area contributed by atoms with Crippen molar-refractivity contribution in [3.8, 4) is 5.75 Å². The Labute approximate surface area is 85.3 Å². The largest absolute Gasteiger partial charge is 0.494 e. The molecule has 1 N–H and O–H groups in total. The fourth-order valence-electron chi connectivity index (χ4n) is 1.47. The summed E-state index contributed by atoms with van der Waals surface area (Å²) in [4.78, 5) is 0. The van der Waals surface area contributed by atoms with Gasteiger partial charge < -0.3 is 10.1 Å². The van der Waals surface area contributed by atoms with Crippen molar-refractivity contribution in [2.24, 2.45) is 5.92 Å². The van der Waals surface area contributed by atoms with Gasteiger partial charge in [0.15, 0.2) is 0 Å². The van der Waals surface area contributed by atoms with Crippen molar-refractivity contribution in [1.82, 2.24) is 0 Å². The first-order valence-corrected chi connectivity index (χ1v) is 5.29. The van der Waals surface area contributed by atoms with E-state index in [9.17, 15) is 0 Å². The van der Waals surface area contributed by atoms with Crippen LogP contribution >= 0.6 is 0 Å². The Morgan fingerprint density at radius 2 is 2.00 bits per heavy atom. The monoisotopic (exact) mass is 191 g/mol. The Morgan fingerprint density at radius 3 is 2.57 bits per heavy atom. The fourth-order valence-corrected chi connectivity index (χ4v) is 1.47. The van der Waals surface area contributed by atoms with Gasteiger partial charge >= 0.3 is 0 Å². The fraction of sp³-hybridized carbons (Fsp3) is 0.500. The van der Waals surface area contributed by atoms with E-state index in [4.69, 9.17) is 4.74 Å². The first-order chi connectivity index (χ1) is 6.88. The Morgan fingerprint density at radius 1 is 1.29 bits per heavy atom.